The zero-order chi connectivity index (χ0) is 19.2. The predicted octanol–water partition coefficient (Wildman–Crippen LogP) is 2.50. The van der Waals surface area contributed by atoms with Gasteiger partial charge in [0.05, 0.1) is 23.7 Å². The molecule has 27 heavy (non-hydrogen) atoms. The highest BCUT2D eigenvalue weighted by molar-refractivity contribution is 7.14. The average molecular weight is 382 g/mol. The maximum absolute atomic E-state index is 12.2. The highest BCUT2D eigenvalue weighted by Crippen LogP contribution is 2.17. The minimum Gasteiger partial charge on any atom is -0.349 e. The Morgan fingerprint density at radius 3 is 2.67 bits per heavy atom. The minimum atomic E-state index is -0.380. The highest BCUT2D eigenvalue weighted by Gasteiger charge is 2.13. The van der Waals surface area contributed by atoms with Gasteiger partial charge in [0, 0.05) is 17.6 Å². The molecule has 0 saturated carbocycles. The first-order valence-electron chi connectivity index (χ1n) is 8.30. The van der Waals surface area contributed by atoms with Crippen LogP contribution in [0.5, 0.6) is 0 Å². The highest BCUT2D eigenvalue weighted by atomic mass is 32.1. The Hall–Kier alpha value is -3.26. The van der Waals surface area contributed by atoms with Gasteiger partial charge in [0.15, 0.2) is 5.13 Å². The van der Waals surface area contributed by atoms with E-state index in [1.807, 2.05) is 37.3 Å². The molecule has 0 spiro atoms. The van der Waals surface area contributed by atoms with Crippen LogP contribution in [0.4, 0.5) is 5.13 Å². The first kappa shape index (κ1) is 18.5. The summed E-state index contributed by atoms with van der Waals surface area (Å²) in [5, 5.41) is 7.71. The van der Waals surface area contributed by atoms with E-state index in [4.69, 9.17) is 0 Å². The lowest BCUT2D eigenvalue weighted by Crippen LogP contribution is -2.28. The molecule has 3 aromatic rings. The molecule has 1 unspecified atom stereocenters. The number of pyridine rings is 1. The number of carbonyl (C=O) groups is 2. The van der Waals surface area contributed by atoms with Crippen LogP contribution in [0.3, 0.4) is 0 Å². The van der Waals surface area contributed by atoms with Gasteiger partial charge in [-0.1, -0.05) is 30.3 Å². The number of aromatic amines is 1. The third kappa shape index (κ3) is 5.11. The van der Waals surface area contributed by atoms with Crippen LogP contribution in [0.15, 0.2) is 58.8 Å². The number of aromatic nitrogens is 2. The Labute approximate surface area is 159 Å². The van der Waals surface area contributed by atoms with Gasteiger partial charge in [-0.2, -0.15) is 0 Å². The lowest BCUT2D eigenvalue weighted by Gasteiger charge is -2.13. The van der Waals surface area contributed by atoms with Crippen LogP contribution < -0.4 is 16.2 Å². The molecule has 1 aromatic carbocycles. The molecule has 138 valence electrons. The number of thiazole rings is 1. The summed E-state index contributed by atoms with van der Waals surface area (Å²) in [5.74, 6) is -0.524. The van der Waals surface area contributed by atoms with Crippen molar-refractivity contribution in [3.8, 4) is 0 Å². The molecule has 3 N–H and O–H groups in total. The summed E-state index contributed by atoms with van der Waals surface area (Å²) in [6.45, 7) is 1.92. The lowest BCUT2D eigenvalue weighted by molar-refractivity contribution is -0.121. The normalized spacial score (nSPS) is 11.6. The van der Waals surface area contributed by atoms with Crippen molar-refractivity contribution in [3.05, 3.63) is 81.2 Å². The monoisotopic (exact) mass is 382 g/mol. The molecule has 0 aliphatic heterocycles. The van der Waals surface area contributed by atoms with Crippen molar-refractivity contribution < 1.29 is 9.59 Å². The van der Waals surface area contributed by atoms with Gasteiger partial charge < -0.3 is 10.3 Å². The van der Waals surface area contributed by atoms with Gasteiger partial charge >= 0.3 is 0 Å². The molecule has 3 rings (SSSR count). The summed E-state index contributed by atoms with van der Waals surface area (Å²) in [6.07, 6.45) is 1.47. The summed E-state index contributed by atoms with van der Waals surface area (Å²) >= 11 is 1.24. The number of nitrogens with one attached hydrogen (secondary N) is 3. The summed E-state index contributed by atoms with van der Waals surface area (Å²) in [5.41, 5.74) is 1.65. The van der Waals surface area contributed by atoms with E-state index in [1.165, 1.54) is 29.7 Å². The average Bonchev–Trinajstić information content (AvgIpc) is 3.09. The summed E-state index contributed by atoms with van der Waals surface area (Å²) in [6, 6.07) is 12.3. The van der Waals surface area contributed by atoms with Crippen molar-refractivity contribution in [1.82, 2.24) is 15.3 Å². The molecule has 0 fully saturated rings. The van der Waals surface area contributed by atoms with Crippen molar-refractivity contribution >= 4 is 28.3 Å². The van der Waals surface area contributed by atoms with Crippen LogP contribution in [0, 0.1) is 0 Å². The minimum absolute atomic E-state index is 0.100. The quantitative estimate of drug-likeness (QED) is 0.609. The number of carbonyl (C=O) groups excluding carboxylic acids is 2. The molecule has 2 aromatic heterocycles. The Morgan fingerprint density at radius 1 is 1.19 bits per heavy atom. The number of anilines is 1. The molecule has 0 saturated heterocycles. The van der Waals surface area contributed by atoms with E-state index in [0.29, 0.717) is 16.4 Å². The number of amides is 2. The third-order valence-corrected chi connectivity index (χ3v) is 4.64. The van der Waals surface area contributed by atoms with E-state index in [-0.39, 0.29) is 29.8 Å². The van der Waals surface area contributed by atoms with E-state index < -0.39 is 0 Å². The van der Waals surface area contributed by atoms with Crippen molar-refractivity contribution in [2.75, 3.05) is 5.32 Å². The zero-order valence-corrected chi connectivity index (χ0v) is 15.4. The predicted molar refractivity (Wildman–Crippen MR) is 104 cm³/mol. The number of nitrogens with zero attached hydrogens (tertiary/aromatic N) is 1. The molecular weight excluding hydrogens is 364 g/mol. The Kier molecular flexibility index (Phi) is 5.77. The second kappa shape index (κ2) is 8.41. The summed E-state index contributed by atoms with van der Waals surface area (Å²) < 4.78 is 0. The topological polar surface area (TPSA) is 104 Å². The molecule has 2 heterocycles. The molecule has 0 aliphatic carbocycles. The lowest BCUT2D eigenvalue weighted by atomic mass is 10.1. The number of hydrogen-bond acceptors (Lipinski definition) is 5. The van der Waals surface area contributed by atoms with Gasteiger partial charge in [0.25, 0.3) is 5.91 Å². The second-order valence-corrected chi connectivity index (χ2v) is 6.77. The number of rotatable bonds is 6. The van der Waals surface area contributed by atoms with E-state index in [1.54, 1.807) is 5.38 Å². The van der Waals surface area contributed by atoms with E-state index in [0.717, 1.165) is 5.56 Å². The third-order valence-electron chi connectivity index (χ3n) is 3.84. The molecule has 8 heteroatoms. The van der Waals surface area contributed by atoms with Crippen molar-refractivity contribution in [3.63, 3.8) is 0 Å². The standard InChI is InChI=1S/C19H18N4O3S/c1-12(13-5-3-2-4-6-13)21-17(25)9-15-11-27-19(22-15)23-18(26)14-7-8-16(24)20-10-14/h2-8,10-12H,9H2,1H3,(H,20,24)(H,21,25)(H,22,23,26). The smallest absolute Gasteiger partial charge is 0.258 e. The molecule has 2 amide bonds. The van der Waals surface area contributed by atoms with Gasteiger partial charge in [-0.3, -0.25) is 19.7 Å². The van der Waals surface area contributed by atoms with Gasteiger partial charge in [-0.25, -0.2) is 4.98 Å². The largest absolute Gasteiger partial charge is 0.349 e. The van der Waals surface area contributed by atoms with E-state index >= 15 is 0 Å². The van der Waals surface area contributed by atoms with Crippen molar-refractivity contribution in [2.45, 2.75) is 19.4 Å². The van der Waals surface area contributed by atoms with Gasteiger partial charge in [0.2, 0.25) is 11.5 Å². The number of H-pyrrole nitrogens is 1. The Balaban J connectivity index is 1.55. The number of hydrogen-bond donors (Lipinski definition) is 3. The van der Waals surface area contributed by atoms with E-state index in [9.17, 15) is 14.4 Å². The molecule has 1 atom stereocenters. The SMILES string of the molecule is CC(NC(=O)Cc1csc(NC(=O)c2ccc(=O)[nH]c2)n1)c1ccccc1. The van der Waals surface area contributed by atoms with Gasteiger partial charge in [-0.15, -0.1) is 11.3 Å². The first-order chi connectivity index (χ1) is 13.0. The molecular formula is C19H18N4O3S. The molecule has 0 aliphatic rings. The Bertz CT molecular complexity index is 977. The summed E-state index contributed by atoms with van der Waals surface area (Å²) in [4.78, 5) is 42.1. The van der Waals surface area contributed by atoms with Crippen molar-refractivity contribution in [1.29, 1.82) is 0 Å². The summed E-state index contributed by atoms with van der Waals surface area (Å²) in [7, 11) is 0. The molecule has 0 bridgehead atoms. The van der Waals surface area contributed by atoms with Crippen LogP contribution in [-0.2, 0) is 11.2 Å². The zero-order valence-electron chi connectivity index (χ0n) is 14.6. The molecule has 0 radical (unpaired) electrons. The fraction of sp³-hybridized carbons (Fsp3) is 0.158. The van der Waals surface area contributed by atoms with Crippen LogP contribution in [0.2, 0.25) is 0 Å². The maximum atomic E-state index is 12.2. The van der Waals surface area contributed by atoms with Crippen LogP contribution in [0.25, 0.3) is 0 Å². The maximum Gasteiger partial charge on any atom is 0.258 e. The van der Waals surface area contributed by atoms with Gasteiger partial charge in [0.1, 0.15) is 0 Å². The molecule has 7 nitrogen and oxygen atoms in total. The van der Waals surface area contributed by atoms with Crippen LogP contribution in [-0.4, -0.2) is 21.8 Å². The fourth-order valence-electron chi connectivity index (χ4n) is 2.45. The van der Waals surface area contributed by atoms with Crippen LogP contribution in [0.1, 0.15) is 34.6 Å². The first-order valence-corrected chi connectivity index (χ1v) is 9.18. The fourth-order valence-corrected chi connectivity index (χ4v) is 3.15. The van der Waals surface area contributed by atoms with Gasteiger partial charge in [-0.05, 0) is 18.6 Å². The number of benzene rings is 1. The second-order valence-electron chi connectivity index (χ2n) is 5.92. The Morgan fingerprint density at radius 2 is 1.96 bits per heavy atom. The van der Waals surface area contributed by atoms with E-state index in [2.05, 4.69) is 20.6 Å². The van der Waals surface area contributed by atoms with Crippen LogP contribution >= 0.6 is 11.3 Å². The van der Waals surface area contributed by atoms with Crippen molar-refractivity contribution in [2.24, 2.45) is 0 Å².